The number of aliphatic hydroxyl groups excluding tert-OH is 1. The van der Waals surface area contributed by atoms with E-state index in [1.165, 1.54) is 6.08 Å². The van der Waals surface area contributed by atoms with Gasteiger partial charge in [0.2, 0.25) is 5.78 Å². The van der Waals surface area contributed by atoms with Crippen molar-refractivity contribution in [2.45, 2.75) is 77.2 Å². The summed E-state index contributed by atoms with van der Waals surface area (Å²) in [6, 6.07) is 0. The van der Waals surface area contributed by atoms with Crippen molar-refractivity contribution in [2.75, 3.05) is 13.2 Å². The lowest BCUT2D eigenvalue weighted by atomic mass is 9.45. The SMILES string of the molecule is CCCNC(=O)OCC(=O)[C@@]1(O)[C@H](C)CC2C3CC=C4CC(=O)C=C[C@]4(C)[C@@]3(F)[C@@H](O)C[C@@]21C. The number of alkyl halides is 1. The summed E-state index contributed by atoms with van der Waals surface area (Å²) in [4.78, 5) is 37.1. The second-order valence-electron chi connectivity index (χ2n) is 11.1. The summed E-state index contributed by atoms with van der Waals surface area (Å²) in [5.41, 5.74) is -5.43. The van der Waals surface area contributed by atoms with Crippen LogP contribution < -0.4 is 5.32 Å². The normalized spacial score (nSPS) is 45.0. The lowest BCUT2D eigenvalue weighted by Gasteiger charge is -2.62. The highest BCUT2D eigenvalue weighted by Gasteiger charge is 2.75. The molecular formula is C26H36FNO6. The van der Waals surface area contributed by atoms with Gasteiger partial charge < -0.3 is 20.3 Å². The largest absolute Gasteiger partial charge is 0.441 e. The highest BCUT2D eigenvalue weighted by molar-refractivity contribution is 5.94. The third kappa shape index (κ3) is 3.17. The number of amides is 1. The van der Waals surface area contributed by atoms with Crippen molar-refractivity contribution in [3.63, 3.8) is 0 Å². The molecule has 2 saturated carbocycles. The minimum Gasteiger partial charge on any atom is -0.441 e. The molecule has 0 saturated heterocycles. The summed E-state index contributed by atoms with van der Waals surface area (Å²) < 4.78 is 22.2. The Kier molecular flexibility index (Phi) is 6.09. The quantitative estimate of drug-likeness (QED) is 0.525. The summed E-state index contributed by atoms with van der Waals surface area (Å²) >= 11 is 0. The number of ether oxygens (including phenoxy) is 1. The Balaban J connectivity index is 1.66. The lowest BCUT2D eigenvalue weighted by molar-refractivity contribution is -0.215. The van der Waals surface area contributed by atoms with Gasteiger partial charge in [0, 0.05) is 29.7 Å². The molecule has 0 aromatic rings. The topological polar surface area (TPSA) is 113 Å². The van der Waals surface area contributed by atoms with Crippen molar-refractivity contribution in [1.82, 2.24) is 5.32 Å². The van der Waals surface area contributed by atoms with Gasteiger partial charge in [0.25, 0.3) is 0 Å². The third-order valence-electron chi connectivity index (χ3n) is 9.46. The van der Waals surface area contributed by atoms with Crippen LogP contribution in [-0.2, 0) is 14.3 Å². The lowest BCUT2D eigenvalue weighted by Crippen LogP contribution is -2.69. The molecule has 34 heavy (non-hydrogen) atoms. The van der Waals surface area contributed by atoms with Crippen molar-refractivity contribution >= 4 is 17.7 Å². The maximum atomic E-state index is 17.1. The molecule has 2 fully saturated rings. The highest BCUT2D eigenvalue weighted by atomic mass is 19.1. The molecule has 7 nitrogen and oxygen atoms in total. The number of halogens is 1. The fraction of sp³-hybridized carbons (Fsp3) is 0.731. The van der Waals surface area contributed by atoms with E-state index in [0.29, 0.717) is 31.4 Å². The molecule has 0 spiro atoms. The first-order chi connectivity index (χ1) is 15.9. The maximum absolute atomic E-state index is 17.1. The van der Waals surface area contributed by atoms with Gasteiger partial charge in [0.05, 0.1) is 6.10 Å². The molecular weight excluding hydrogens is 441 g/mol. The first-order valence-corrected chi connectivity index (χ1v) is 12.3. The average Bonchev–Trinajstić information content (AvgIpc) is 2.99. The molecule has 1 amide bonds. The van der Waals surface area contributed by atoms with E-state index < -0.39 is 58.5 Å². The van der Waals surface area contributed by atoms with Crippen LogP contribution in [0.2, 0.25) is 0 Å². The van der Waals surface area contributed by atoms with Crippen molar-refractivity contribution in [2.24, 2.45) is 28.6 Å². The second-order valence-corrected chi connectivity index (χ2v) is 11.1. The Labute approximate surface area is 199 Å². The van der Waals surface area contributed by atoms with Gasteiger partial charge >= 0.3 is 6.09 Å². The number of nitrogens with one attached hydrogen (secondary N) is 1. The molecule has 0 radical (unpaired) electrons. The minimum absolute atomic E-state index is 0.0849. The molecule has 0 bridgehead atoms. The molecule has 0 heterocycles. The first kappa shape index (κ1) is 25.0. The zero-order valence-electron chi connectivity index (χ0n) is 20.4. The first-order valence-electron chi connectivity index (χ1n) is 12.3. The van der Waals surface area contributed by atoms with Crippen LogP contribution in [0.15, 0.2) is 23.8 Å². The van der Waals surface area contributed by atoms with Crippen molar-refractivity contribution < 1.29 is 33.7 Å². The predicted molar refractivity (Wildman–Crippen MR) is 123 cm³/mol. The van der Waals surface area contributed by atoms with Crippen LogP contribution in [0.5, 0.6) is 0 Å². The molecule has 2 unspecified atom stereocenters. The molecule has 4 aliphatic rings. The number of Topliss-reactive ketones (excluding diaryl/α,β-unsaturated/α-hetero) is 1. The third-order valence-corrected chi connectivity index (χ3v) is 9.46. The van der Waals surface area contributed by atoms with Crippen LogP contribution in [0.1, 0.15) is 59.8 Å². The Bertz CT molecular complexity index is 963. The Morgan fingerprint density at radius 2 is 2.00 bits per heavy atom. The predicted octanol–water partition coefficient (Wildman–Crippen LogP) is 3.04. The number of ketones is 2. The van der Waals surface area contributed by atoms with Crippen LogP contribution >= 0.6 is 0 Å². The number of rotatable bonds is 5. The van der Waals surface area contributed by atoms with Crippen LogP contribution in [0, 0.1) is 28.6 Å². The number of carbonyl (C=O) groups is 3. The van der Waals surface area contributed by atoms with Gasteiger partial charge in [0.15, 0.2) is 18.1 Å². The number of fused-ring (bicyclic) bond motifs is 5. The number of carbonyl (C=O) groups excluding carboxylic acids is 3. The number of allylic oxidation sites excluding steroid dienone is 4. The fourth-order valence-corrected chi connectivity index (χ4v) is 7.57. The van der Waals surface area contributed by atoms with E-state index in [2.05, 4.69) is 5.32 Å². The van der Waals surface area contributed by atoms with Crippen LogP contribution in [-0.4, -0.2) is 58.4 Å². The molecule has 4 aliphatic carbocycles. The number of alkyl carbamates (subject to hydrolysis) is 1. The van der Waals surface area contributed by atoms with E-state index in [4.69, 9.17) is 4.74 Å². The van der Waals surface area contributed by atoms with Gasteiger partial charge in [-0.25, -0.2) is 9.18 Å². The number of aliphatic hydroxyl groups is 2. The molecule has 8 heteroatoms. The zero-order chi connectivity index (χ0) is 25.1. The maximum Gasteiger partial charge on any atom is 0.407 e. The van der Waals surface area contributed by atoms with Crippen LogP contribution in [0.4, 0.5) is 9.18 Å². The highest BCUT2D eigenvalue weighted by Crippen LogP contribution is 2.70. The summed E-state index contributed by atoms with van der Waals surface area (Å²) in [7, 11) is 0. The average molecular weight is 478 g/mol. The van der Waals surface area contributed by atoms with Crippen molar-refractivity contribution in [1.29, 1.82) is 0 Å². The van der Waals surface area contributed by atoms with E-state index in [9.17, 15) is 24.6 Å². The molecule has 0 aromatic carbocycles. The van der Waals surface area contributed by atoms with Crippen LogP contribution in [0.3, 0.4) is 0 Å². The van der Waals surface area contributed by atoms with E-state index in [0.717, 1.165) is 0 Å². The minimum atomic E-state index is -2.02. The molecule has 4 rings (SSSR count). The van der Waals surface area contributed by atoms with E-state index in [-0.39, 0.29) is 24.5 Å². The van der Waals surface area contributed by atoms with Gasteiger partial charge in [-0.15, -0.1) is 0 Å². The van der Waals surface area contributed by atoms with E-state index in [1.54, 1.807) is 26.8 Å². The van der Waals surface area contributed by atoms with Gasteiger partial charge in [0.1, 0.15) is 5.60 Å². The van der Waals surface area contributed by atoms with E-state index in [1.807, 2.05) is 13.0 Å². The van der Waals surface area contributed by atoms with E-state index >= 15 is 4.39 Å². The van der Waals surface area contributed by atoms with Crippen LogP contribution in [0.25, 0.3) is 0 Å². The van der Waals surface area contributed by atoms with Crippen molar-refractivity contribution in [3.05, 3.63) is 23.8 Å². The van der Waals surface area contributed by atoms with Gasteiger partial charge in [-0.1, -0.05) is 38.5 Å². The summed E-state index contributed by atoms with van der Waals surface area (Å²) in [6.07, 6.45) is 4.21. The molecule has 188 valence electrons. The van der Waals surface area contributed by atoms with Gasteiger partial charge in [-0.05, 0) is 50.5 Å². The second kappa shape index (κ2) is 8.26. The summed E-state index contributed by atoms with van der Waals surface area (Å²) in [5.74, 6) is -2.23. The smallest absolute Gasteiger partial charge is 0.407 e. The molecule has 0 aromatic heterocycles. The zero-order valence-corrected chi connectivity index (χ0v) is 20.4. The van der Waals surface area contributed by atoms with Gasteiger partial charge in [-0.3, -0.25) is 9.59 Å². The number of hydrogen-bond acceptors (Lipinski definition) is 6. The molecule has 8 atom stereocenters. The molecule has 0 aliphatic heterocycles. The monoisotopic (exact) mass is 477 g/mol. The summed E-state index contributed by atoms with van der Waals surface area (Å²) in [5, 5.41) is 25.7. The fourth-order valence-electron chi connectivity index (χ4n) is 7.57. The summed E-state index contributed by atoms with van der Waals surface area (Å²) in [6.45, 7) is 6.95. The Morgan fingerprint density at radius 3 is 2.68 bits per heavy atom. The van der Waals surface area contributed by atoms with Crippen molar-refractivity contribution in [3.8, 4) is 0 Å². The standard InChI is InChI=1S/C26H36FNO6/c1-5-10-28-22(32)34-14-21(31)26(33)15(2)11-19-18-7-6-16-12-17(29)8-9-23(16,3)25(18,27)20(30)13-24(19,26)4/h6,8-9,15,18-20,30,33H,5,7,10-14H2,1-4H3,(H,28,32)/t15-,18?,19?,20+,23+,24+,25+,26+/m1/s1. The molecule has 3 N–H and O–H groups in total. The van der Waals surface area contributed by atoms with Gasteiger partial charge in [-0.2, -0.15) is 0 Å². The Hall–Kier alpha value is -2.06. The Morgan fingerprint density at radius 1 is 1.29 bits per heavy atom. The number of hydrogen-bond donors (Lipinski definition) is 3.